The standard InChI is InChI=1S/C15H12Br2O3/c1-19-13-7-10(12(17)8-14(13)20-2)15(18)9-5-3-4-6-11(9)16/h3-8H,1-2H3. The van der Waals surface area contributed by atoms with Crippen LogP contribution in [-0.4, -0.2) is 20.0 Å². The van der Waals surface area contributed by atoms with Gasteiger partial charge in [0.25, 0.3) is 0 Å². The molecule has 0 aromatic heterocycles. The number of methoxy groups -OCH3 is 2. The lowest BCUT2D eigenvalue weighted by Gasteiger charge is -2.12. The highest BCUT2D eigenvalue weighted by molar-refractivity contribution is 9.11. The maximum Gasteiger partial charge on any atom is 0.195 e. The number of hydrogen-bond donors (Lipinski definition) is 0. The number of benzene rings is 2. The van der Waals surface area contributed by atoms with E-state index in [2.05, 4.69) is 31.9 Å². The molecule has 0 aliphatic rings. The zero-order valence-corrected chi connectivity index (χ0v) is 14.1. The molecule has 0 saturated carbocycles. The van der Waals surface area contributed by atoms with Crippen LogP contribution in [0.2, 0.25) is 0 Å². The molecule has 0 unspecified atom stereocenters. The van der Waals surface area contributed by atoms with E-state index < -0.39 is 0 Å². The molecule has 2 aromatic rings. The van der Waals surface area contributed by atoms with Crippen LogP contribution in [0.5, 0.6) is 11.5 Å². The number of halogens is 2. The lowest BCUT2D eigenvalue weighted by molar-refractivity contribution is 0.103. The predicted octanol–water partition coefficient (Wildman–Crippen LogP) is 4.46. The van der Waals surface area contributed by atoms with E-state index in [0.29, 0.717) is 27.1 Å². The first-order chi connectivity index (χ1) is 9.58. The van der Waals surface area contributed by atoms with Crippen LogP contribution in [-0.2, 0) is 0 Å². The van der Waals surface area contributed by atoms with Crippen molar-refractivity contribution in [2.24, 2.45) is 0 Å². The molecule has 0 fully saturated rings. The van der Waals surface area contributed by atoms with Crippen LogP contribution < -0.4 is 9.47 Å². The van der Waals surface area contributed by atoms with E-state index >= 15 is 0 Å². The van der Waals surface area contributed by atoms with Gasteiger partial charge in [-0.3, -0.25) is 4.79 Å². The summed E-state index contributed by atoms with van der Waals surface area (Å²) < 4.78 is 11.9. The van der Waals surface area contributed by atoms with Crippen molar-refractivity contribution in [3.8, 4) is 11.5 Å². The van der Waals surface area contributed by atoms with Crippen LogP contribution in [0.4, 0.5) is 0 Å². The molecule has 5 heteroatoms. The van der Waals surface area contributed by atoms with Gasteiger partial charge >= 0.3 is 0 Å². The van der Waals surface area contributed by atoms with Gasteiger partial charge in [-0.25, -0.2) is 0 Å². The average Bonchev–Trinajstić information content (AvgIpc) is 2.46. The molecular formula is C15H12Br2O3. The van der Waals surface area contributed by atoms with Crippen molar-refractivity contribution in [2.75, 3.05) is 14.2 Å². The number of carbonyl (C=O) groups excluding carboxylic acids is 1. The fourth-order valence-electron chi connectivity index (χ4n) is 1.82. The summed E-state index contributed by atoms with van der Waals surface area (Å²) in [6.07, 6.45) is 0. The number of carbonyl (C=O) groups is 1. The third-order valence-corrected chi connectivity index (χ3v) is 4.18. The van der Waals surface area contributed by atoms with Crippen molar-refractivity contribution in [3.05, 3.63) is 56.5 Å². The van der Waals surface area contributed by atoms with Crippen LogP contribution in [0.1, 0.15) is 15.9 Å². The van der Waals surface area contributed by atoms with E-state index in [1.165, 1.54) is 0 Å². The van der Waals surface area contributed by atoms with E-state index in [0.717, 1.165) is 4.47 Å². The Morgan fingerprint density at radius 3 is 2.10 bits per heavy atom. The lowest BCUT2D eigenvalue weighted by Crippen LogP contribution is -2.04. The van der Waals surface area contributed by atoms with Crippen molar-refractivity contribution in [1.29, 1.82) is 0 Å². The Balaban J connectivity index is 2.53. The van der Waals surface area contributed by atoms with E-state index in [9.17, 15) is 4.79 Å². The minimum absolute atomic E-state index is 0.0923. The van der Waals surface area contributed by atoms with Crippen molar-refractivity contribution in [1.82, 2.24) is 0 Å². The molecule has 0 bridgehead atoms. The number of rotatable bonds is 4. The molecule has 0 radical (unpaired) electrons. The van der Waals surface area contributed by atoms with Gasteiger partial charge in [-0.1, -0.05) is 28.1 Å². The summed E-state index contributed by atoms with van der Waals surface area (Å²) >= 11 is 6.79. The predicted molar refractivity (Wildman–Crippen MR) is 84.8 cm³/mol. The van der Waals surface area contributed by atoms with Crippen LogP contribution >= 0.6 is 31.9 Å². The van der Waals surface area contributed by atoms with E-state index in [4.69, 9.17) is 9.47 Å². The lowest BCUT2D eigenvalue weighted by atomic mass is 10.0. The average molecular weight is 400 g/mol. The van der Waals surface area contributed by atoms with Gasteiger partial charge in [0.05, 0.1) is 14.2 Å². The largest absolute Gasteiger partial charge is 0.493 e. The quantitative estimate of drug-likeness (QED) is 0.712. The van der Waals surface area contributed by atoms with Crippen LogP contribution in [0, 0.1) is 0 Å². The van der Waals surface area contributed by atoms with Crippen molar-refractivity contribution >= 4 is 37.6 Å². The maximum atomic E-state index is 12.6. The van der Waals surface area contributed by atoms with Gasteiger partial charge in [0.1, 0.15) is 0 Å². The molecule has 0 saturated heterocycles. The number of ketones is 1. The summed E-state index contributed by atoms with van der Waals surface area (Å²) in [6, 6.07) is 10.7. The molecule has 3 nitrogen and oxygen atoms in total. The Bertz CT molecular complexity index is 654. The van der Waals surface area contributed by atoms with Gasteiger partial charge in [0.15, 0.2) is 17.3 Å². The van der Waals surface area contributed by atoms with Crippen LogP contribution in [0.25, 0.3) is 0 Å². The van der Waals surface area contributed by atoms with Gasteiger partial charge in [-0.05, 0) is 40.2 Å². The first-order valence-corrected chi connectivity index (χ1v) is 7.37. The highest BCUT2D eigenvalue weighted by atomic mass is 79.9. The highest BCUT2D eigenvalue weighted by Gasteiger charge is 2.18. The normalized spacial score (nSPS) is 10.2. The van der Waals surface area contributed by atoms with Crippen LogP contribution in [0.3, 0.4) is 0 Å². The first-order valence-electron chi connectivity index (χ1n) is 5.79. The second kappa shape index (κ2) is 6.41. The Hall–Kier alpha value is -1.33. The topological polar surface area (TPSA) is 35.5 Å². The monoisotopic (exact) mass is 398 g/mol. The summed E-state index contributed by atoms with van der Waals surface area (Å²) in [5.41, 5.74) is 1.12. The van der Waals surface area contributed by atoms with Gasteiger partial charge in [0, 0.05) is 20.1 Å². The number of ether oxygens (including phenoxy) is 2. The van der Waals surface area contributed by atoms with Gasteiger partial charge in [0.2, 0.25) is 0 Å². The van der Waals surface area contributed by atoms with E-state index in [1.54, 1.807) is 32.4 Å². The molecule has 0 aliphatic heterocycles. The minimum atomic E-state index is -0.0923. The van der Waals surface area contributed by atoms with E-state index in [-0.39, 0.29) is 5.78 Å². The maximum absolute atomic E-state index is 12.6. The molecule has 0 N–H and O–H groups in total. The zero-order valence-electron chi connectivity index (χ0n) is 10.9. The molecule has 0 amide bonds. The number of hydrogen-bond acceptors (Lipinski definition) is 3. The SMILES string of the molecule is COc1cc(Br)c(C(=O)c2ccccc2Br)cc1OC. The fraction of sp³-hybridized carbons (Fsp3) is 0.133. The summed E-state index contributed by atoms with van der Waals surface area (Å²) in [4.78, 5) is 12.6. The first kappa shape index (κ1) is 15.1. The molecule has 2 rings (SSSR count). The van der Waals surface area contributed by atoms with Crippen molar-refractivity contribution < 1.29 is 14.3 Å². The molecular weight excluding hydrogens is 388 g/mol. The van der Waals surface area contributed by atoms with Crippen LogP contribution in [0.15, 0.2) is 45.3 Å². The van der Waals surface area contributed by atoms with Crippen molar-refractivity contribution in [2.45, 2.75) is 0 Å². The summed E-state index contributed by atoms with van der Waals surface area (Å²) in [6.45, 7) is 0. The Morgan fingerprint density at radius 2 is 1.50 bits per heavy atom. The molecule has 0 aliphatic carbocycles. The molecule has 20 heavy (non-hydrogen) atoms. The summed E-state index contributed by atoms with van der Waals surface area (Å²) in [7, 11) is 3.10. The van der Waals surface area contributed by atoms with Gasteiger partial charge in [-0.2, -0.15) is 0 Å². The third-order valence-electron chi connectivity index (χ3n) is 2.84. The Kier molecular flexibility index (Phi) is 4.83. The molecule has 0 heterocycles. The Labute approximate surface area is 134 Å². The Morgan fingerprint density at radius 1 is 0.900 bits per heavy atom. The molecule has 0 spiro atoms. The molecule has 2 aromatic carbocycles. The summed E-state index contributed by atoms with van der Waals surface area (Å²) in [5.74, 6) is 0.999. The minimum Gasteiger partial charge on any atom is -0.493 e. The van der Waals surface area contributed by atoms with E-state index in [1.807, 2.05) is 18.2 Å². The van der Waals surface area contributed by atoms with Gasteiger partial charge in [-0.15, -0.1) is 0 Å². The fourth-order valence-corrected chi connectivity index (χ4v) is 2.79. The third kappa shape index (κ3) is 2.88. The second-order valence-electron chi connectivity index (χ2n) is 4.00. The highest BCUT2D eigenvalue weighted by Crippen LogP contribution is 2.35. The second-order valence-corrected chi connectivity index (χ2v) is 5.70. The molecule has 104 valence electrons. The van der Waals surface area contributed by atoms with Crippen molar-refractivity contribution in [3.63, 3.8) is 0 Å². The summed E-state index contributed by atoms with van der Waals surface area (Å²) in [5, 5.41) is 0. The smallest absolute Gasteiger partial charge is 0.195 e. The van der Waals surface area contributed by atoms with Gasteiger partial charge < -0.3 is 9.47 Å². The zero-order chi connectivity index (χ0) is 14.7. The molecule has 0 atom stereocenters.